The van der Waals surface area contributed by atoms with Crippen LogP contribution >= 0.6 is 11.6 Å². The molecule has 1 aromatic carbocycles. The Balaban J connectivity index is 2.46. The first-order chi connectivity index (χ1) is 6.25. The Labute approximate surface area is 80.7 Å². The van der Waals surface area contributed by atoms with E-state index in [1.807, 2.05) is 24.3 Å². The lowest BCUT2D eigenvalue weighted by Gasteiger charge is -1.96. The van der Waals surface area contributed by atoms with E-state index in [2.05, 4.69) is 5.10 Å². The molecule has 2 N–H and O–H groups in total. The highest BCUT2D eigenvalue weighted by Gasteiger charge is 1.99. The van der Waals surface area contributed by atoms with Gasteiger partial charge in [0.25, 0.3) is 0 Å². The van der Waals surface area contributed by atoms with Crippen LogP contribution in [0.4, 0.5) is 0 Å². The topological polar surface area (TPSA) is 43.8 Å². The van der Waals surface area contributed by atoms with E-state index in [1.54, 1.807) is 12.4 Å². The third-order valence-electron chi connectivity index (χ3n) is 1.76. The Morgan fingerprint density at radius 1 is 1.31 bits per heavy atom. The Hall–Kier alpha value is -1.48. The molecule has 3 nitrogen and oxygen atoms in total. The van der Waals surface area contributed by atoms with Gasteiger partial charge in [-0.1, -0.05) is 23.7 Å². The first kappa shape index (κ1) is 8.13. The lowest BCUT2D eigenvalue weighted by molar-refractivity contribution is 0.832. The van der Waals surface area contributed by atoms with Crippen LogP contribution in [0.1, 0.15) is 0 Å². The van der Waals surface area contributed by atoms with Gasteiger partial charge < -0.3 is 5.84 Å². The smallest absolute Gasteiger partial charge is 0.0589 e. The molecule has 13 heavy (non-hydrogen) atoms. The van der Waals surface area contributed by atoms with Gasteiger partial charge in [-0.3, -0.25) is 0 Å². The molecule has 0 aliphatic carbocycles. The minimum absolute atomic E-state index is 0.710. The Morgan fingerprint density at radius 2 is 2.15 bits per heavy atom. The molecule has 0 atom stereocenters. The average molecular weight is 194 g/mol. The largest absolute Gasteiger partial charge is 0.323 e. The maximum atomic E-state index is 5.84. The fraction of sp³-hybridized carbons (Fsp3) is 0. The normalized spacial score (nSPS) is 10.2. The van der Waals surface area contributed by atoms with Crippen molar-refractivity contribution in [2.24, 2.45) is 0 Å². The summed E-state index contributed by atoms with van der Waals surface area (Å²) < 4.78 is 0. The summed E-state index contributed by atoms with van der Waals surface area (Å²) >= 11 is 5.84. The molecule has 0 amide bonds. The van der Waals surface area contributed by atoms with Gasteiger partial charge in [-0.15, -0.1) is 0 Å². The van der Waals surface area contributed by atoms with Crippen molar-refractivity contribution in [1.29, 1.82) is 0 Å². The molecule has 4 heteroatoms. The van der Waals surface area contributed by atoms with Gasteiger partial charge >= 0.3 is 0 Å². The van der Waals surface area contributed by atoms with Crippen molar-refractivity contribution >= 4 is 11.6 Å². The van der Waals surface area contributed by atoms with Crippen LogP contribution in [-0.2, 0) is 0 Å². The summed E-state index contributed by atoms with van der Waals surface area (Å²) in [6.07, 6.45) is 3.44. The second kappa shape index (κ2) is 3.11. The number of nitrogen functional groups attached to an aromatic ring is 1. The van der Waals surface area contributed by atoms with Crippen molar-refractivity contribution < 1.29 is 0 Å². The van der Waals surface area contributed by atoms with Crippen molar-refractivity contribution in [1.82, 2.24) is 9.89 Å². The van der Waals surface area contributed by atoms with E-state index in [1.165, 1.54) is 4.79 Å². The molecule has 0 fully saturated rings. The summed E-state index contributed by atoms with van der Waals surface area (Å²) in [6, 6.07) is 7.56. The molecule has 0 saturated carbocycles. The lowest BCUT2D eigenvalue weighted by Crippen LogP contribution is -2.06. The molecule has 0 unspecified atom stereocenters. The Kier molecular flexibility index (Phi) is 1.94. The molecular weight excluding hydrogens is 186 g/mol. The second-order valence-electron chi connectivity index (χ2n) is 2.72. The van der Waals surface area contributed by atoms with E-state index in [0.717, 1.165) is 11.1 Å². The molecule has 66 valence electrons. The van der Waals surface area contributed by atoms with Crippen LogP contribution in [0.2, 0.25) is 5.02 Å². The molecule has 0 aliphatic rings. The fourth-order valence-electron chi connectivity index (χ4n) is 1.16. The molecule has 0 bridgehead atoms. The molecule has 0 aliphatic heterocycles. The van der Waals surface area contributed by atoms with Gasteiger partial charge in [-0.25, -0.2) is 0 Å². The summed E-state index contributed by atoms with van der Waals surface area (Å²) in [7, 11) is 0. The van der Waals surface area contributed by atoms with Crippen LogP contribution in [0.3, 0.4) is 0 Å². The zero-order chi connectivity index (χ0) is 9.26. The summed E-state index contributed by atoms with van der Waals surface area (Å²) in [6.45, 7) is 0. The standard InChI is InChI=1S/C9H8ClN3/c10-9-3-1-2-7(4-9)8-5-12-13(11)6-8/h1-6H,11H2. The molecule has 2 aromatic rings. The lowest BCUT2D eigenvalue weighted by atomic mass is 10.1. The zero-order valence-electron chi connectivity index (χ0n) is 6.81. The van der Waals surface area contributed by atoms with E-state index >= 15 is 0 Å². The highest BCUT2D eigenvalue weighted by Crippen LogP contribution is 2.21. The predicted molar refractivity (Wildman–Crippen MR) is 52.8 cm³/mol. The van der Waals surface area contributed by atoms with Gasteiger partial charge in [-0.2, -0.15) is 9.89 Å². The SMILES string of the molecule is Nn1cc(-c2cccc(Cl)c2)cn1. The van der Waals surface area contributed by atoms with Gasteiger partial charge in [0.1, 0.15) is 0 Å². The molecule has 1 heterocycles. The van der Waals surface area contributed by atoms with Crippen LogP contribution in [-0.4, -0.2) is 9.89 Å². The monoisotopic (exact) mass is 193 g/mol. The van der Waals surface area contributed by atoms with E-state index < -0.39 is 0 Å². The van der Waals surface area contributed by atoms with Crippen LogP contribution in [0.25, 0.3) is 11.1 Å². The highest BCUT2D eigenvalue weighted by molar-refractivity contribution is 6.30. The molecule has 0 spiro atoms. The molecule has 0 saturated heterocycles. The first-order valence-electron chi connectivity index (χ1n) is 3.81. The number of hydrogen-bond donors (Lipinski definition) is 1. The average Bonchev–Trinajstić information content (AvgIpc) is 2.52. The number of aromatic nitrogens is 2. The van der Waals surface area contributed by atoms with E-state index in [0.29, 0.717) is 5.02 Å². The van der Waals surface area contributed by atoms with Gasteiger partial charge in [0.15, 0.2) is 0 Å². The Bertz CT molecular complexity index is 422. The molecular formula is C9H8ClN3. The third kappa shape index (κ3) is 1.65. The number of benzene rings is 1. The zero-order valence-corrected chi connectivity index (χ0v) is 7.57. The van der Waals surface area contributed by atoms with Crippen molar-refractivity contribution in [2.45, 2.75) is 0 Å². The summed E-state index contributed by atoms with van der Waals surface area (Å²) in [5, 5.41) is 4.58. The van der Waals surface area contributed by atoms with Crippen LogP contribution in [0.5, 0.6) is 0 Å². The number of halogens is 1. The summed E-state index contributed by atoms with van der Waals surface area (Å²) in [4.78, 5) is 1.27. The molecule has 1 aromatic heterocycles. The molecule has 2 rings (SSSR count). The van der Waals surface area contributed by atoms with Gasteiger partial charge in [0.2, 0.25) is 0 Å². The van der Waals surface area contributed by atoms with Gasteiger partial charge in [-0.05, 0) is 17.7 Å². The maximum Gasteiger partial charge on any atom is 0.0589 e. The number of nitrogens with zero attached hydrogens (tertiary/aromatic N) is 2. The maximum absolute atomic E-state index is 5.84. The highest BCUT2D eigenvalue weighted by atomic mass is 35.5. The second-order valence-corrected chi connectivity index (χ2v) is 3.16. The van der Waals surface area contributed by atoms with Crippen molar-refractivity contribution in [3.05, 3.63) is 41.7 Å². The van der Waals surface area contributed by atoms with E-state index in [9.17, 15) is 0 Å². The van der Waals surface area contributed by atoms with Crippen molar-refractivity contribution in [2.75, 3.05) is 5.84 Å². The number of rotatable bonds is 1. The molecule has 0 radical (unpaired) electrons. The van der Waals surface area contributed by atoms with Crippen LogP contribution in [0, 0.1) is 0 Å². The quantitative estimate of drug-likeness (QED) is 0.704. The van der Waals surface area contributed by atoms with Crippen LogP contribution < -0.4 is 5.84 Å². The van der Waals surface area contributed by atoms with Gasteiger partial charge in [0, 0.05) is 10.6 Å². The van der Waals surface area contributed by atoms with E-state index in [-0.39, 0.29) is 0 Å². The fourth-order valence-corrected chi connectivity index (χ4v) is 1.35. The van der Waals surface area contributed by atoms with Crippen LogP contribution in [0.15, 0.2) is 36.7 Å². The third-order valence-corrected chi connectivity index (χ3v) is 1.99. The minimum atomic E-state index is 0.710. The predicted octanol–water partition coefficient (Wildman–Crippen LogP) is 1.92. The summed E-state index contributed by atoms with van der Waals surface area (Å²) in [5.41, 5.74) is 1.98. The Morgan fingerprint density at radius 3 is 2.77 bits per heavy atom. The number of hydrogen-bond acceptors (Lipinski definition) is 2. The van der Waals surface area contributed by atoms with Crippen molar-refractivity contribution in [3.8, 4) is 11.1 Å². The van der Waals surface area contributed by atoms with Gasteiger partial charge in [0.05, 0.1) is 12.4 Å². The van der Waals surface area contributed by atoms with E-state index in [4.69, 9.17) is 17.4 Å². The number of nitrogens with two attached hydrogens (primary N) is 1. The minimum Gasteiger partial charge on any atom is -0.323 e. The first-order valence-corrected chi connectivity index (χ1v) is 4.19. The summed E-state index contributed by atoms with van der Waals surface area (Å²) in [5.74, 6) is 5.43. The van der Waals surface area contributed by atoms with Crippen molar-refractivity contribution in [3.63, 3.8) is 0 Å².